The summed E-state index contributed by atoms with van der Waals surface area (Å²) in [6.07, 6.45) is 1.37. The molecule has 0 saturated heterocycles. The first kappa shape index (κ1) is 9.68. The van der Waals surface area contributed by atoms with Gasteiger partial charge in [-0.25, -0.2) is 4.98 Å². The summed E-state index contributed by atoms with van der Waals surface area (Å²) in [5, 5.41) is 10.9. The van der Waals surface area contributed by atoms with E-state index in [1.165, 1.54) is 18.3 Å². The van der Waals surface area contributed by atoms with Crippen LogP contribution in [0.15, 0.2) is 18.3 Å². The van der Waals surface area contributed by atoms with E-state index in [-0.39, 0.29) is 5.69 Å². The van der Waals surface area contributed by atoms with Gasteiger partial charge in [-0.05, 0) is 5.92 Å². The highest BCUT2D eigenvalue weighted by atomic mass is 79.9. The molecule has 0 aliphatic heterocycles. The van der Waals surface area contributed by atoms with Gasteiger partial charge in [0, 0.05) is 12.3 Å². The maximum Gasteiger partial charge on any atom is 0.273 e. The van der Waals surface area contributed by atoms with Crippen LogP contribution in [0.1, 0.15) is 5.69 Å². The van der Waals surface area contributed by atoms with Crippen molar-refractivity contribution in [1.29, 1.82) is 0 Å². The summed E-state index contributed by atoms with van der Waals surface area (Å²) in [7, 11) is 0. The summed E-state index contributed by atoms with van der Waals surface area (Å²) < 4.78 is 0. The fourth-order valence-electron chi connectivity index (χ4n) is 0.725. The van der Waals surface area contributed by atoms with Crippen molar-refractivity contribution < 1.29 is 4.92 Å². The van der Waals surface area contributed by atoms with Crippen LogP contribution in [0.5, 0.6) is 0 Å². The first-order valence-electron chi connectivity index (χ1n) is 3.39. The van der Waals surface area contributed by atoms with Crippen molar-refractivity contribution in [2.24, 2.45) is 0 Å². The number of rotatable bonds is 1. The molecule has 1 heterocycles. The average molecular weight is 241 g/mol. The largest absolute Gasteiger partial charge is 0.273 e. The van der Waals surface area contributed by atoms with Crippen LogP contribution in [0.25, 0.3) is 0 Å². The molecule has 4 nitrogen and oxygen atoms in total. The molecule has 0 spiro atoms. The van der Waals surface area contributed by atoms with E-state index in [0.717, 1.165) is 0 Å². The van der Waals surface area contributed by atoms with Crippen LogP contribution in [-0.4, -0.2) is 15.2 Å². The predicted molar refractivity (Wildman–Crippen MR) is 51.6 cm³/mol. The van der Waals surface area contributed by atoms with Crippen LogP contribution >= 0.6 is 15.9 Å². The molecule has 0 radical (unpaired) electrons. The monoisotopic (exact) mass is 240 g/mol. The molecular weight excluding hydrogens is 236 g/mol. The minimum Gasteiger partial charge on any atom is -0.258 e. The molecule has 66 valence electrons. The van der Waals surface area contributed by atoms with Gasteiger partial charge in [-0.2, -0.15) is 0 Å². The molecule has 0 aliphatic rings. The minimum atomic E-state index is -0.471. The van der Waals surface area contributed by atoms with E-state index in [4.69, 9.17) is 0 Å². The van der Waals surface area contributed by atoms with Gasteiger partial charge in [-0.1, -0.05) is 21.9 Å². The third-order valence-corrected chi connectivity index (χ3v) is 1.52. The Morgan fingerprint density at radius 1 is 1.69 bits per heavy atom. The second kappa shape index (κ2) is 4.58. The first-order chi connectivity index (χ1) is 6.24. The lowest BCUT2D eigenvalue weighted by molar-refractivity contribution is -0.385. The van der Waals surface area contributed by atoms with E-state index in [1.807, 2.05) is 0 Å². The van der Waals surface area contributed by atoms with Crippen LogP contribution in [0, 0.1) is 22.0 Å². The first-order valence-corrected chi connectivity index (χ1v) is 4.51. The summed E-state index contributed by atoms with van der Waals surface area (Å²) in [6.45, 7) is 0. The van der Waals surface area contributed by atoms with Crippen molar-refractivity contribution >= 4 is 21.6 Å². The fraction of sp³-hybridized carbons (Fsp3) is 0.125. The summed E-state index contributed by atoms with van der Waals surface area (Å²) in [5.41, 5.74) is 0.419. The summed E-state index contributed by atoms with van der Waals surface area (Å²) in [4.78, 5) is 13.7. The van der Waals surface area contributed by atoms with Crippen LogP contribution < -0.4 is 0 Å². The van der Waals surface area contributed by atoms with E-state index in [9.17, 15) is 10.1 Å². The van der Waals surface area contributed by atoms with Crippen molar-refractivity contribution in [3.8, 4) is 11.8 Å². The highest BCUT2D eigenvalue weighted by Crippen LogP contribution is 2.09. The number of hydrogen-bond donors (Lipinski definition) is 0. The van der Waals surface area contributed by atoms with E-state index in [2.05, 4.69) is 32.8 Å². The maximum absolute atomic E-state index is 10.3. The second-order valence-corrected chi connectivity index (χ2v) is 2.65. The van der Waals surface area contributed by atoms with E-state index in [0.29, 0.717) is 11.0 Å². The SMILES string of the molecule is O=[N+]([O-])c1ccnc(C#CCBr)c1. The predicted octanol–water partition coefficient (Wildman–Crippen LogP) is 1.74. The van der Waals surface area contributed by atoms with Crippen LogP contribution in [0.3, 0.4) is 0 Å². The molecule has 0 N–H and O–H groups in total. The third-order valence-electron chi connectivity index (χ3n) is 1.24. The molecule has 0 atom stereocenters. The summed E-state index contributed by atoms with van der Waals surface area (Å²) in [5.74, 6) is 5.39. The lowest BCUT2D eigenvalue weighted by Crippen LogP contribution is -1.90. The average Bonchev–Trinajstić information content (AvgIpc) is 2.15. The molecule has 1 rings (SSSR count). The number of halogens is 1. The maximum atomic E-state index is 10.3. The van der Waals surface area contributed by atoms with Crippen LogP contribution in [0.2, 0.25) is 0 Å². The van der Waals surface area contributed by atoms with Crippen molar-refractivity contribution in [3.63, 3.8) is 0 Å². The minimum absolute atomic E-state index is 0.00822. The summed E-state index contributed by atoms with van der Waals surface area (Å²) in [6, 6.07) is 2.68. The van der Waals surface area contributed by atoms with E-state index < -0.39 is 4.92 Å². The van der Waals surface area contributed by atoms with Gasteiger partial charge >= 0.3 is 0 Å². The Morgan fingerprint density at radius 3 is 3.08 bits per heavy atom. The summed E-state index contributed by atoms with van der Waals surface area (Å²) >= 11 is 3.12. The number of hydrogen-bond acceptors (Lipinski definition) is 3. The highest BCUT2D eigenvalue weighted by Gasteiger charge is 2.04. The van der Waals surface area contributed by atoms with Gasteiger partial charge in [-0.15, -0.1) is 0 Å². The Labute approximate surface area is 83.3 Å². The molecular formula is C8H5BrN2O2. The molecule has 0 saturated carbocycles. The van der Waals surface area contributed by atoms with Crippen LogP contribution in [-0.2, 0) is 0 Å². The second-order valence-electron chi connectivity index (χ2n) is 2.09. The molecule has 0 unspecified atom stereocenters. The Morgan fingerprint density at radius 2 is 2.46 bits per heavy atom. The molecule has 1 aromatic heterocycles. The van der Waals surface area contributed by atoms with Gasteiger partial charge in [0.15, 0.2) is 0 Å². The number of alkyl halides is 1. The van der Waals surface area contributed by atoms with Gasteiger partial charge in [0.25, 0.3) is 5.69 Å². The number of aromatic nitrogens is 1. The van der Waals surface area contributed by atoms with E-state index in [1.54, 1.807) is 0 Å². The Hall–Kier alpha value is -1.41. The Bertz CT molecular complexity index is 381. The Balaban J connectivity index is 2.98. The van der Waals surface area contributed by atoms with Gasteiger partial charge < -0.3 is 0 Å². The zero-order chi connectivity index (χ0) is 9.68. The van der Waals surface area contributed by atoms with Gasteiger partial charge in [0.05, 0.1) is 16.3 Å². The zero-order valence-electron chi connectivity index (χ0n) is 6.53. The highest BCUT2D eigenvalue weighted by molar-refractivity contribution is 9.09. The standard InChI is InChI=1S/C8H5BrN2O2/c9-4-1-2-7-6-8(11(12)13)3-5-10-7/h3,5-6H,4H2. The molecule has 5 heteroatoms. The third kappa shape index (κ3) is 2.84. The number of nitro groups is 1. The van der Waals surface area contributed by atoms with Gasteiger partial charge in [0.2, 0.25) is 0 Å². The molecule has 0 bridgehead atoms. The number of pyridine rings is 1. The van der Waals surface area contributed by atoms with Crippen molar-refractivity contribution in [3.05, 3.63) is 34.1 Å². The quantitative estimate of drug-likeness (QED) is 0.325. The van der Waals surface area contributed by atoms with Crippen molar-refractivity contribution in [2.45, 2.75) is 0 Å². The lowest BCUT2D eigenvalue weighted by atomic mass is 10.3. The lowest BCUT2D eigenvalue weighted by Gasteiger charge is -1.90. The van der Waals surface area contributed by atoms with E-state index >= 15 is 0 Å². The van der Waals surface area contributed by atoms with Crippen molar-refractivity contribution in [1.82, 2.24) is 4.98 Å². The topological polar surface area (TPSA) is 56.0 Å². The molecule has 0 amide bonds. The van der Waals surface area contributed by atoms with Crippen LogP contribution in [0.4, 0.5) is 5.69 Å². The van der Waals surface area contributed by atoms with Crippen molar-refractivity contribution in [2.75, 3.05) is 5.33 Å². The normalized spacial score (nSPS) is 8.69. The molecule has 0 aromatic carbocycles. The van der Waals surface area contributed by atoms with Gasteiger partial charge in [0.1, 0.15) is 5.69 Å². The molecule has 0 aliphatic carbocycles. The molecule has 13 heavy (non-hydrogen) atoms. The molecule has 1 aromatic rings. The molecule has 0 fully saturated rings. The Kier molecular flexibility index (Phi) is 3.41. The zero-order valence-corrected chi connectivity index (χ0v) is 8.11. The van der Waals surface area contributed by atoms with Gasteiger partial charge in [-0.3, -0.25) is 10.1 Å². The number of nitrogens with zero attached hydrogens (tertiary/aromatic N) is 2. The fourth-order valence-corrected chi connectivity index (χ4v) is 0.865. The smallest absolute Gasteiger partial charge is 0.258 e.